The van der Waals surface area contributed by atoms with Crippen LogP contribution in [0.25, 0.3) is 0 Å². The van der Waals surface area contributed by atoms with Gasteiger partial charge in [0.05, 0.1) is 4.47 Å². The summed E-state index contributed by atoms with van der Waals surface area (Å²) >= 11 is 3.55. The minimum absolute atomic E-state index is 0.0450. The van der Waals surface area contributed by atoms with Crippen LogP contribution in [0.1, 0.15) is 43.0 Å². The van der Waals surface area contributed by atoms with E-state index in [4.69, 9.17) is 4.74 Å². The van der Waals surface area contributed by atoms with Crippen LogP contribution >= 0.6 is 15.9 Å². The summed E-state index contributed by atoms with van der Waals surface area (Å²) in [5.41, 5.74) is 4.26. The highest BCUT2D eigenvalue weighted by Crippen LogP contribution is 2.26. The molecule has 3 aromatic carbocycles. The van der Waals surface area contributed by atoms with Crippen molar-refractivity contribution in [3.05, 3.63) is 99.5 Å². The highest BCUT2D eigenvalue weighted by atomic mass is 79.9. The normalized spacial score (nSPS) is 11.7. The zero-order valence-electron chi connectivity index (χ0n) is 21.5. The molecular weight excluding hydrogens is 516 g/mol. The molecule has 0 aromatic heterocycles. The highest BCUT2D eigenvalue weighted by Gasteiger charge is 2.31. The SMILES string of the molecule is CCc1ccc(OCC(=O)N(Cc2ccc(C)cc2)[C@H](Cc2ccccc2)C(=O)NC(C)C)c(Br)c1. The average Bonchev–Trinajstić information content (AvgIpc) is 2.86. The Kier molecular flexibility index (Phi) is 10.1. The third-order valence-electron chi connectivity index (χ3n) is 5.93. The lowest BCUT2D eigenvalue weighted by Crippen LogP contribution is -2.52. The molecule has 190 valence electrons. The Bertz CT molecular complexity index is 1150. The fourth-order valence-electron chi connectivity index (χ4n) is 3.93. The number of carbonyl (C=O) groups is 2. The fourth-order valence-corrected chi connectivity index (χ4v) is 4.47. The van der Waals surface area contributed by atoms with E-state index in [9.17, 15) is 9.59 Å². The molecule has 0 spiro atoms. The molecule has 1 N–H and O–H groups in total. The second-order valence-electron chi connectivity index (χ2n) is 9.28. The predicted octanol–water partition coefficient (Wildman–Crippen LogP) is 5.86. The molecule has 0 unspecified atom stereocenters. The molecular formula is C30H35BrN2O3. The van der Waals surface area contributed by atoms with Crippen molar-refractivity contribution in [2.24, 2.45) is 0 Å². The van der Waals surface area contributed by atoms with Crippen LogP contribution in [-0.4, -0.2) is 35.4 Å². The molecule has 0 radical (unpaired) electrons. The van der Waals surface area contributed by atoms with E-state index in [0.717, 1.165) is 27.6 Å². The number of aryl methyl sites for hydroxylation is 2. The number of halogens is 1. The molecule has 0 saturated carbocycles. The summed E-state index contributed by atoms with van der Waals surface area (Å²) in [5.74, 6) is 0.173. The second-order valence-corrected chi connectivity index (χ2v) is 10.1. The van der Waals surface area contributed by atoms with Gasteiger partial charge in [-0.25, -0.2) is 0 Å². The van der Waals surface area contributed by atoms with Gasteiger partial charge < -0.3 is 15.0 Å². The fraction of sp³-hybridized carbons (Fsp3) is 0.333. The van der Waals surface area contributed by atoms with E-state index in [0.29, 0.717) is 18.7 Å². The largest absolute Gasteiger partial charge is 0.483 e. The first-order valence-electron chi connectivity index (χ1n) is 12.4. The molecule has 0 aliphatic carbocycles. The maximum atomic E-state index is 13.6. The first kappa shape index (κ1) is 27.5. The van der Waals surface area contributed by atoms with E-state index in [2.05, 4.69) is 28.2 Å². The lowest BCUT2D eigenvalue weighted by atomic mass is 10.0. The van der Waals surface area contributed by atoms with Gasteiger partial charge in [-0.1, -0.05) is 73.2 Å². The first-order valence-corrected chi connectivity index (χ1v) is 13.2. The van der Waals surface area contributed by atoms with Crippen LogP contribution in [0, 0.1) is 6.92 Å². The summed E-state index contributed by atoms with van der Waals surface area (Å²) in [6, 6.07) is 22.9. The average molecular weight is 552 g/mol. The molecule has 0 aliphatic rings. The van der Waals surface area contributed by atoms with Crippen molar-refractivity contribution >= 4 is 27.7 Å². The molecule has 5 nitrogen and oxygen atoms in total. The van der Waals surface area contributed by atoms with Crippen molar-refractivity contribution in [2.45, 2.75) is 59.2 Å². The standard InChI is InChI=1S/C30H35BrN2O3/c1-5-23-15-16-28(26(31)17-23)36-20-29(34)33(19-25-13-11-22(4)12-14-25)27(30(35)32-21(2)3)18-24-9-7-6-8-10-24/h6-17,21,27H,5,18-20H2,1-4H3,(H,32,35)/t27-/m1/s1. The van der Waals surface area contributed by atoms with Crippen LogP contribution < -0.4 is 10.1 Å². The van der Waals surface area contributed by atoms with E-state index in [1.54, 1.807) is 4.90 Å². The lowest BCUT2D eigenvalue weighted by Gasteiger charge is -2.32. The Labute approximate surface area is 223 Å². The summed E-state index contributed by atoms with van der Waals surface area (Å²) < 4.78 is 6.73. The van der Waals surface area contributed by atoms with Crippen LogP contribution in [0.4, 0.5) is 0 Å². The van der Waals surface area contributed by atoms with Gasteiger partial charge in [0.1, 0.15) is 11.8 Å². The zero-order chi connectivity index (χ0) is 26.1. The molecule has 0 bridgehead atoms. The number of ether oxygens (including phenoxy) is 1. The third-order valence-corrected chi connectivity index (χ3v) is 6.55. The Balaban J connectivity index is 1.90. The smallest absolute Gasteiger partial charge is 0.261 e. The Hall–Kier alpha value is -3.12. The van der Waals surface area contributed by atoms with Gasteiger partial charge in [0.25, 0.3) is 5.91 Å². The summed E-state index contributed by atoms with van der Waals surface area (Å²) in [5, 5.41) is 3.01. The van der Waals surface area contributed by atoms with Gasteiger partial charge in [0, 0.05) is 19.0 Å². The van der Waals surface area contributed by atoms with E-state index in [1.165, 1.54) is 5.56 Å². The number of hydrogen-bond donors (Lipinski definition) is 1. The summed E-state index contributed by atoms with van der Waals surface area (Å²) in [6.45, 7) is 8.09. The quantitative estimate of drug-likeness (QED) is 0.325. The van der Waals surface area contributed by atoms with Crippen LogP contribution in [0.2, 0.25) is 0 Å². The number of benzene rings is 3. The van der Waals surface area contributed by atoms with Gasteiger partial charge in [0.15, 0.2) is 6.61 Å². The monoisotopic (exact) mass is 550 g/mol. The van der Waals surface area contributed by atoms with Gasteiger partial charge in [-0.05, 0) is 71.9 Å². The van der Waals surface area contributed by atoms with Crippen molar-refractivity contribution < 1.29 is 14.3 Å². The van der Waals surface area contributed by atoms with Gasteiger partial charge in [0.2, 0.25) is 5.91 Å². The summed E-state index contributed by atoms with van der Waals surface area (Å²) in [6.07, 6.45) is 1.32. The number of rotatable bonds is 11. The van der Waals surface area contributed by atoms with Gasteiger partial charge in [-0.15, -0.1) is 0 Å². The topological polar surface area (TPSA) is 58.6 Å². The molecule has 1 atom stereocenters. The van der Waals surface area contributed by atoms with Crippen LogP contribution in [-0.2, 0) is 29.0 Å². The minimum Gasteiger partial charge on any atom is -0.483 e. The maximum Gasteiger partial charge on any atom is 0.261 e. The highest BCUT2D eigenvalue weighted by molar-refractivity contribution is 9.10. The number of hydrogen-bond acceptors (Lipinski definition) is 3. The first-order chi connectivity index (χ1) is 17.3. The van der Waals surface area contributed by atoms with Gasteiger partial charge >= 0.3 is 0 Å². The molecule has 3 aromatic rings. The van der Waals surface area contributed by atoms with Crippen molar-refractivity contribution in [1.29, 1.82) is 0 Å². The Morgan fingerprint density at radius 1 is 0.944 bits per heavy atom. The summed E-state index contributed by atoms with van der Waals surface area (Å²) in [7, 11) is 0. The van der Waals surface area contributed by atoms with E-state index < -0.39 is 6.04 Å². The third kappa shape index (κ3) is 7.95. The molecule has 36 heavy (non-hydrogen) atoms. The van der Waals surface area contributed by atoms with Crippen molar-refractivity contribution in [2.75, 3.05) is 6.61 Å². The molecule has 0 fully saturated rings. The molecule has 3 rings (SSSR count). The van der Waals surface area contributed by atoms with E-state index >= 15 is 0 Å². The van der Waals surface area contributed by atoms with E-state index in [1.807, 2.05) is 93.6 Å². The van der Waals surface area contributed by atoms with Crippen LogP contribution in [0.3, 0.4) is 0 Å². The molecule has 0 heterocycles. The number of nitrogens with zero attached hydrogens (tertiary/aromatic N) is 1. The van der Waals surface area contributed by atoms with Gasteiger partial charge in [-0.2, -0.15) is 0 Å². The second kappa shape index (κ2) is 13.3. The molecule has 2 amide bonds. The van der Waals surface area contributed by atoms with Gasteiger partial charge in [-0.3, -0.25) is 9.59 Å². The number of carbonyl (C=O) groups excluding carboxylic acids is 2. The zero-order valence-corrected chi connectivity index (χ0v) is 23.0. The predicted molar refractivity (Wildman–Crippen MR) is 148 cm³/mol. The Morgan fingerprint density at radius 3 is 2.22 bits per heavy atom. The number of nitrogens with one attached hydrogen (secondary N) is 1. The molecule has 6 heteroatoms. The van der Waals surface area contributed by atoms with Crippen LogP contribution in [0.15, 0.2) is 77.3 Å². The Morgan fingerprint density at radius 2 is 1.61 bits per heavy atom. The van der Waals surface area contributed by atoms with E-state index in [-0.39, 0.29) is 24.5 Å². The van der Waals surface area contributed by atoms with Crippen molar-refractivity contribution in [1.82, 2.24) is 10.2 Å². The van der Waals surface area contributed by atoms with Crippen molar-refractivity contribution in [3.8, 4) is 5.75 Å². The molecule has 0 saturated heterocycles. The lowest BCUT2D eigenvalue weighted by molar-refractivity contribution is -0.143. The molecule has 0 aliphatic heterocycles. The van der Waals surface area contributed by atoms with Crippen LogP contribution in [0.5, 0.6) is 5.75 Å². The van der Waals surface area contributed by atoms with Crippen molar-refractivity contribution in [3.63, 3.8) is 0 Å². The maximum absolute atomic E-state index is 13.6. The number of amides is 2. The summed E-state index contributed by atoms with van der Waals surface area (Å²) in [4.78, 5) is 28.7. The minimum atomic E-state index is -0.682.